The van der Waals surface area contributed by atoms with E-state index in [-0.39, 0.29) is 18.1 Å². The topological polar surface area (TPSA) is 142 Å². The summed E-state index contributed by atoms with van der Waals surface area (Å²) in [5.41, 5.74) is 0. The normalized spacial score (nSPS) is 23.1. The highest BCUT2D eigenvalue weighted by molar-refractivity contribution is 7.49. The van der Waals surface area contributed by atoms with Gasteiger partial charge < -0.3 is 32.7 Å². The fraction of sp³-hybridized carbons (Fsp3) is 0.400. The Balaban J connectivity index is 1.99. The van der Waals surface area contributed by atoms with Gasteiger partial charge in [0.05, 0.1) is 0 Å². The number of hydrogen-bond acceptors (Lipinski definition) is 12. The number of carbonyl (C=O) groups excluding carboxylic acids is 3. The number of ether oxygens (including phenoxy) is 5. The van der Waals surface area contributed by atoms with E-state index in [1.807, 2.05) is 0 Å². The van der Waals surface area contributed by atoms with E-state index in [0.29, 0.717) is 0 Å². The average molecular weight is 552 g/mol. The molecular formula is C25H29O12P. The molecule has 38 heavy (non-hydrogen) atoms. The third-order valence-electron chi connectivity index (χ3n) is 5.07. The summed E-state index contributed by atoms with van der Waals surface area (Å²) in [6.07, 6.45) is -6.56. The average Bonchev–Trinajstić information content (AvgIpc) is 2.85. The summed E-state index contributed by atoms with van der Waals surface area (Å²) in [5.74, 6) is -1.76. The minimum Gasteiger partial charge on any atom is -0.463 e. The minimum absolute atomic E-state index is 0.157. The molecule has 0 amide bonds. The summed E-state index contributed by atoms with van der Waals surface area (Å²) < 4.78 is 58.3. The molecule has 1 aliphatic heterocycles. The van der Waals surface area contributed by atoms with Crippen LogP contribution in [0.4, 0.5) is 0 Å². The van der Waals surface area contributed by atoms with Crippen LogP contribution >= 0.6 is 7.82 Å². The van der Waals surface area contributed by atoms with E-state index in [2.05, 4.69) is 0 Å². The van der Waals surface area contributed by atoms with Gasteiger partial charge in [-0.15, -0.1) is 0 Å². The number of benzene rings is 2. The number of methoxy groups -OCH3 is 1. The van der Waals surface area contributed by atoms with Crippen LogP contribution in [0, 0.1) is 0 Å². The number of para-hydroxylation sites is 2. The van der Waals surface area contributed by atoms with E-state index in [4.69, 9.17) is 37.3 Å². The van der Waals surface area contributed by atoms with Gasteiger partial charge in [-0.3, -0.25) is 14.4 Å². The molecule has 0 aromatic heterocycles. The van der Waals surface area contributed by atoms with Crippen molar-refractivity contribution >= 4 is 25.7 Å². The molecule has 0 N–H and O–H groups in total. The summed E-state index contributed by atoms with van der Waals surface area (Å²) in [7, 11) is -3.27. The molecule has 13 heteroatoms. The molecule has 12 nitrogen and oxygen atoms in total. The molecule has 1 aliphatic rings. The Morgan fingerprint density at radius 3 is 1.71 bits per heavy atom. The van der Waals surface area contributed by atoms with Crippen molar-refractivity contribution in [2.45, 2.75) is 51.5 Å². The number of carbonyl (C=O) groups is 3. The van der Waals surface area contributed by atoms with Gasteiger partial charge in [-0.25, -0.2) is 9.09 Å². The second kappa shape index (κ2) is 13.4. The first-order valence-electron chi connectivity index (χ1n) is 11.5. The zero-order chi connectivity index (χ0) is 27.7. The molecule has 5 atom stereocenters. The van der Waals surface area contributed by atoms with Gasteiger partial charge in [0, 0.05) is 27.9 Å². The van der Waals surface area contributed by atoms with Gasteiger partial charge >= 0.3 is 25.7 Å². The van der Waals surface area contributed by atoms with Crippen LogP contribution in [0.1, 0.15) is 20.8 Å². The molecule has 2 aromatic carbocycles. The maximum absolute atomic E-state index is 14.0. The SMILES string of the molecule is CO[C@@H]1[C@@H](OC(C)=O)[C@@H](OP(=O)(Oc2ccccc2)Oc2ccccc2)O[C@H](COC(C)=O)[C@H]1OC(C)=O. The molecule has 1 saturated heterocycles. The summed E-state index contributed by atoms with van der Waals surface area (Å²) >= 11 is 0. The highest BCUT2D eigenvalue weighted by Gasteiger charge is 2.54. The van der Waals surface area contributed by atoms with E-state index in [0.717, 1.165) is 13.8 Å². The van der Waals surface area contributed by atoms with Crippen LogP contribution in [0.3, 0.4) is 0 Å². The fourth-order valence-electron chi connectivity index (χ4n) is 3.63. The molecule has 1 heterocycles. The quantitative estimate of drug-likeness (QED) is 0.229. The zero-order valence-corrected chi connectivity index (χ0v) is 22.1. The number of rotatable bonds is 11. The predicted molar refractivity (Wildman–Crippen MR) is 130 cm³/mol. The first-order chi connectivity index (χ1) is 18.1. The van der Waals surface area contributed by atoms with Gasteiger partial charge in [0.15, 0.2) is 12.2 Å². The second-order valence-electron chi connectivity index (χ2n) is 8.06. The molecule has 2 aromatic rings. The van der Waals surface area contributed by atoms with Crippen molar-refractivity contribution in [3.63, 3.8) is 0 Å². The summed E-state index contributed by atoms with van der Waals surface area (Å²) in [4.78, 5) is 35.3. The molecular weight excluding hydrogens is 523 g/mol. The van der Waals surface area contributed by atoms with Crippen molar-refractivity contribution in [1.29, 1.82) is 0 Å². The lowest BCUT2D eigenvalue weighted by Gasteiger charge is -2.44. The van der Waals surface area contributed by atoms with E-state index >= 15 is 0 Å². The van der Waals surface area contributed by atoms with Crippen LogP contribution in [-0.4, -0.2) is 62.3 Å². The number of phosphoric ester groups is 1. The van der Waals surface area contributed by atoms with E-state index in [9.17, 15) is 18.9 Å². The minimum atomic E-state index is -4.55. The first kappa shape index (κ1) is 29.1. The van der Waals surface area contributed by atoms with Crippen molar-refractivity contribution < 1.29 is 56.2 Å². The van der Waals surface area contributed by atoms with Gasteiger partial charge in [0.1, 0.15) is 30.3 Å². The zero-order valence-electron chi connectivity index (χ0n) is 21.2. The van der Waals surface area contributed by atoms with Gasteiger partial charge in [0.2, 0.25) is 6.29 Å². The number of phosphoric acid groups is 1. The summed E-state index contributed by atoms with van der Waals surface area (Å²) in [6, 6.07) is 16.2. The van der Waals surface area contributed by atoms with Gasteiger partial charge in [-0.1, -0.05) is 36.4 Å². The van der Waals surface area contributed by atoms with E-state index in [1.54, 1.807) is 36.4 Å². The Morgan fingerprint density at radius 1 is 0.763 bits per heavy atom. The van der Waals surface area contributed by atoms with Crippen molar-refractivity contribution in [3.05, 3.63) is 60.7 Å². The monoisotopic (exact) mass is 552 g/mol. The molecule has 0 saturated carbocycles. The van der Waals surface area contributed by atoms with Crippen LogP contribution in [0.2, 0.25) is 0 Å². The first-order valence-corrected chi connectivity index (χ1v) is 13.0. The number of hydrogen-bond donors (Lipinski definition) is 0. The Bertz CT molecular complexity index is 1080. The van der Waals surface area contributed by atoms with Crippen molar-refractivity contribution in [2.75, 3.05) is 13.7 Å². The van der Waals surface area contributed by atoms with E-state index in [1.165, 1.54) is 38.3 Å². The highest BCUT2D eigenvalue weighted by Crippen LogP contribution is 2.52. The standard InChI is InChI=1S/C25H29O12P/c1-16(26)31-15-21-22(32-17(2)27)23(30-4)24(33-18(3)28)25(34-21)37-38(29,35-19-11-7-5-8-12-19)36-20-13-9-6-10-14-20/h5-14,21-25H,15H2,1-4H3/t21-,22-,23+,24-,25-/m1/s1. The summed E-state index contributed by atoms with van der Waals surface area (Å²) in [5, 5.41) is 0. The predicted octanol–water partition coefficient (Wildman–Crippen LogP) is 3.44. The Kier molecular flexibility index (Phi) is 10.3. The maximum atomic E-state index is 14.0. The largest absolute Gasteiger partial charge is 0.590 e. The van der Waals surface area contributed by atoms with Gasteiger partial charge in [-0.05, 0) is 24.3 Å². The molecule has 206 valence electrons. The molecule has 3 rings (SSSR count). The van der Waals surface area contributed by atoms with Crippen LogP contribution in [0.25, 0.3) is 0 Å². The smallest absolute Gasteiger partial charge is 0.463 e. The lowest BCUT2D eigenvalue weighted by molar-refractivity contribution is -0.291. The van der Waals surface area contributed by atoms with Gasteiger partial charge in [-0.2, -0.15) is 0 Å². The van der Waals surface area contributed by atoms with Crippen molar-refractivity contribution in [1.82, 2.24) is 0 Å². The lowest BCUT2D eigenvalue weighted by atomic mass is 9.98. The molecule has 0 aliphatic carbocycles. The Labute approximate surface area is 219 Å². The number of esters is 3. The molecule has 1 fully saturated rings. The van der Waals surface area contributed by atoms with Crippen molar-refractivity contribution in [3.8, 4) is 11.5 Å². The van der Waals surface area contributed by atoms with E-state index < -0.39 is 56.4 Å². The molecule has 0 radical (unpaired) electrons. The van der Waals surface area contributed by atoms with Crippen LogP contribution in [-0.2, 0) is 47.2 Å². The van der Waals surface area contributed by atoms with Gasteiger partial charge in [0.25, 0.3) is 0 Å². The van der Waals surface area contributed by atoms with Crippen LogP contribution in [0.15, 0.2) is 60.7 Å². The lowest BCUT2D eigenvalue weighted by Crippen LogP contribution is -2.62. The van der Waals surface area contributed by atoms with Crippen LogP contribution < -0.4 is 9.05 Å². The molecule has 0 spiro atoms. The van der Waals surface area contributed by atoms with Crippen molar-refractivity contribution in [2.24, 2.45) is 0 Å². The summed E-state index contributed by atoms with van der Waals surface area (Å²) in [6.45, 7) is 3.09. The molecule has 0 unspecified atom stereocenters. The second-order valence-corrected chi connectivity index (χ2v) is 9.53. The fourth-order valence-corrected chi connectivity index (χ4v) is 4.93. The molecule has 0 bridgehead atoms. The van der Waals surface area contributed by atoms with Crippen LogP contribution in [0.5, 0.6) is 11.5 Å². The Morgan fingerprint density at radius 2 is 1.26 bits per heavy atom. The third-order valence-corrected chi connectivity index (χ3v) is 6.41. The maximum Gasteiger partial charge on any atom is 0.590 e. The highest BCUT2D eigenvalue weighted by atomic mass is 31.2. The Hall–Kier alpha value is -3.44. The third kappa shape index (κ3) is 8.29.